The van der Waals surface area contributed by atoms with Crippen molar-refractivity contribution in [1.29, 1.82) is 0 Å². The lowest BCUT2D eigenvalue weighted by Crippen LogP contribution is -2.38. The molecule has 4 nitrogen and oxygen atoms in total. The monoisotopic (exact) mass is 248 g/mol. The molecule has 2 N–H and O–H groups in total. The molecule has 0 aromatic carbocycles. The minimum Gasteiger partial charge on any atom is -0.322 e. The third-order valence-corrected chi connectivity index (χ3v) is 5.58. The summed E-state index contributed by atoms with van der Waals surface area (Å²) in [4.78, 5) is 0.896. The molecule has 0 saturated carbocycles. The van der Waals surface area contributed by atoms with E-state index in [2.05, 4.69) is 0 Å². The second-order valence-electron chi connectivity index (χ2n) is 3.57. The SMILES string of the molecule is CC(C(N)c1cccs1)S(=O)(=O)N(C)C. The molecule has 0 aliphatic heterocycles. The van der Waals surface area contributed by atoms with E-state index in [0.29, 0.717) is 0 Å². The summed E-state index contributed by atoms with van der Waals surface area (Å²) in [5, 5.41) is 1.29. The van der Waals surface area contributed by atoms with Crippen LogP contribution in [-0.2, 0) is 10.0 Å². The Labute approximate surface area is 94.8 Å². The predicted octanol–water partition coefficient (Wildman–Crippen LogP) is 1.03. The molecule has 0 spiro atoms. The fourth-order valence-corrected chi connectivity index (χ4v) is 3.33. The fraction of sp³-hybridized carbons (Fsp3) is 0.556. The highest BCUT2D eigenvalue weighted by molar-refractivity contribution is 7.89. The van der Waals surface area contributed by atoms with Gasteiger partial charge in [-0.15, -0.1) is 11.3 Å². The maximum atomic E-state index is 11.8. The van der Waals surface area contributed by atoms with E-state index in [1.807, 2.05) is 17.5 Å². The lowest BCUT2D eigenvalue weighted by molar-refractivity contribution is 0.496. The van der Waals surface area contributed by atoms with Gasteiger partial charge in [0.1, 0.15) is 0 Å². The van der Waals surface area contributed by atoms with Crippen LogP contribution in [-0.4, -0.2) is 32.1 Å². The first kappa shape index (κ1) is 12.6. The Morgan fingerprint density at radius 1 is 1.47 bits per heavy atom. The molecule has 2 unspecified atom stereocenters. The van der Waals surface area contributed by atoms with Gasteiger partial charge in [-0.3, -0.25) is 0 Å². The molecule has 15 heavy (non-hydrogen) atoms. The first-order valence-corrected chi connectivity index (χ1v) is 6.96. The lowest BCUT2D eigenvalue weighted by Gasteiger charge is -2.22. The molecule has 1 heterocycles. The summed E-state index contributed by atoms with van der Waals surface area (Å²) >= 11 is 1.48. The van der Waals surface area contributed by atoms with Gasteiger partial charge in [0.05, 0.1) is 11.3 Å². The van der Waals surface area contributed by atoms with Crippen LogP contribution in [0.3, 0.4) is 0 Å². The Hall–Kier alpha value is -0.430. The number of hydrogen-bond donors (Lipinski definition) is 1. The van der Waals surface area contributed by atoms with Crippen molar-refractivity contribution in [2.75, 3.05) is 14.1 Å². The first-order valence-electron chi connectivity index (χ1n) is 4.57. The smallest absolute Gasteiger partial charge is 0.218 e. The largest absolute Gasteiger partial charge is 0.322 e. The molecule has 0 aliphatic rings. The van der Waals surface area contributed by atoms with E-state index in [-0.39, 0.29) is 0 Å². The summed E-state index contributed by atoms with van der Waals surface area (Å²) in [5.41, 5.74) is 5.91. The van der Waals surface area contributed by atoms with Crippen molar-refractivity contribution in [2.24, 2.45) is 5.73 Å². The van der Waals surface area contributed by atoms with E-state index in [1.54, 1.807) is 6.92 Å². The summed E-state index contributed by atoms with van der Waals surface area (Å²) in [5.74, 6) is 0. The summed E-state index contributed by atoms with van der Waals surface area (Å²) in [7, 11) is -0.246. The first-order chi connectivity index (χ1) is 6.87. The van der Waals surface area contributed by atoms with Crippen LogP contribution < -0.4 is 5.73 Å². The quantitative estimate of drug-likeness (QED) is 0.865. The Morgan fingerprint density at radius 3 is 2.47 bits per heavy atom. The number of rotatable bonds is 4. The Bertz CT molecular complexity index is 398. The standard InChI is InChI=1S/C9H16N2O2S2/c1-7(15(12,13)11(2)3)9(10)8-5-4-6-14-8/h4-7,9H,10H2,1-3H3. The molecular formula is C9H16N2O2S2. The number of thiophene rings is 1. The third-order valence-electron chi connectivity index (χ3n) is 2.36. The van der Waals surface area contributed by atoms with E-state index in [1.165, 1.54) is 29.7 Å². The zero-order chi connectivity index (χ0) is 11.6. The molecular weight excluding hydrogens is 232 g/mol. The van der Waals surface area contributed by atoms with Gasteiger partial charge in [-0.1, -0.05) is 6.07 Å². The van der Waals surface area contributed by atoms with Gasteiger partial charge in [0.25, 0.3) is 0 Å². The van der Waals surface area contributed by atoms with Gasteiger partial charge < -0.3 is 5.73 Å². The Kier molecular flexibility index (Phi) is 3.88. The van der Waals surface area contributed by atoms with Crippen molar-refractivity contribution in [2.45, 2.75) is 18.2 Å². The molecule has 0 bridgehead atoms. The van der Waals surface area contributed by atoms with Crippen LogP contribution in [0.1, 0.15) is 17.8 Å². The average Bonchev–Trinajstić information content (AvgIpc) is 2.67. The average molecular weight is 248 g/mol. The van der Waals surface area contributed by atoms with Crippen molar-refractivity contribution in [3.8, 4) is 0 Å². The van der Waals surface area contributed by atoms with E-state index in [4.69, 9.17) is 5.73 Å². The van der Waals surface area contributed by atoms with E-state index in [9.17, 15) is 8.42 Å². The normalized spacial score (nSPS) is 16.6. The predicted molar refractivity (Wildman–Crippen MR) is 63.3 cm³/mol. The highest BCUT2D eigenvalue weighted by Gasteiger charge is 2.30. The minimum absolute atomic E-state index is 0.461. The van der Waals surface area contributed by atoms with E-state index < -0.39 is 21.3 Å². The molecule has 0 radical (unpaired) electrons. The molecule has 1 aromatic heterocycles. The second kappa shape index (κ2) is 4.61. The second-order valence-corrected chi connectivity index (χ2v) is 7.06. The van der Waals surface area contributed by atoms with Crippen LogP contribution in [0.2, 0.25) is 0 Å². The number of hydrogen-bond acceptors (Lipinski definition) is 4. The fourth-order valence-electron chi connectivity index (χ4n) is 1.23. The van der Waals surface area contributed by atoms with Gasteiger partial charge in [0.2, 0.25) is 10.0 Å². The summed E-state index contributed by atoms with van der Waals surface area (Å²) in [6.07, 6.45) is 0. The molecule has 1 aromatic rings. The van der Waals surface area contributed by atoms with E-state index >= 15 is 0 Å². The summed E-state index contributed by atoms with van der Waals surface area (Å²) in [6, 6.07) is 3.27. The highest BCUT2D eigenvalue weighted by atomic mass is 32.2. The number of sulfonamides is 1. The number of nitrogens with two attached hydrogens (primary N) is 1. The lowest BCUT2D eigenvalue weighted by atomic mass is 10.2. The van der Waals surface area contributed by atoms with Crippen LogP contribution in [0.15, 0.2) is 17.5 Å². The molecule has 0 aliphatic carbocycles. The van der Waals surface area contributed by atoms with Crippen LogP contribution >= 0.6 is 11.3 Å². The third kappa shape index (κ3) is 2.57. The van der Waals surface area contributed by atoms with Crippen molar-refractivity contribution in [1.82, 2.24) is 4.31 Å². The van der Waals surface area contributed by atoms with Crippen LogP contribution in [0, 0.1) is 0 Å². The van der Waals surface area contributed by atoms with Gasteiger partial charge in [-0.05, 0) is 18.4 Å². The van der Waals surface area contributed by atoms with Gasteiger partial charge in [-0.2, -0.15) is 0 Å². The minimum atomic E-state index is -3.29. The van der Waals surface area contributed by atoms with Gasteiger partial charge in [-0.25, -0.2) is 12.7 Å². The molecule has 0 saturated heterocycles. The molecule has 86 valence electrons. The maximum Gasteiger partial charge on any atom is 0.218 e. The maximum absolute atomic E-state index is 11.8. The zero-order valence-corrected chi connectivity index (χ0v) is 10.7. The highest BCUT2D eigenvalue weighted by Crippen LogP contribution is 2.24. The zero-order valence-electron chi connectivity index (χ0n) is 9.04. The van der Waals surface area contributed by atoms with E-state index in [0.717, 1.165) is 4.88 Å². The van der Waals surface area contributed by atoms with Crippen molar-refractivity contribution < 1.29 is 8.42 Å². The molecule has 0 fully saturated rings. The molecule has 6 heteroatoms. The Morgan fingerprint density at radius 2 is 2.07 bits per heavy atom. The van der Waals surface area contributed by atoms with Crippen molar-refractivity contribution in [3.63, 3.8) is 0 Å². The molecule has 2 atom stereocenters. The summed E-state index contributed by atoms with van der Waals surface area (Å²) in [6.45, 7) is 1.64. The molecule has 0 amide bonds. The van der Waals surface area contributed by atoms with Crippen LogP contribution in [0.5, 0.6) is 0 Å². The van der Waals surface area contributed by atoms with Gasteiger partial charge in [0, 0.05) is 19.0 Å². The van der Waals surface area contributed by atoms with Crippen molar-refractivity contribution in [3.05, 3.63) is 22.4 Å². The molecule has 1 rings (SSSR count). The van der Waals surface area contributed by atoms with Crippen LogP contribution in [0.25, 0.3) is 0 Å². The van der Waals surface area contributed by atoms with Gasteiger partial charge >= 0.3 is 0 Å². The van der Waals surface area contributed by atoms with Crippen molar-refractivity contribution >= 4 is 21.4 Å². The topological polar surface area (TPSA) is 63.4 Å². The number of nitrogens with zero attached hydrogens (tertiary/aromatic N) is 1. The van der Waals surface area contributed by atoms with Crippen LogP contribution in [0.4, 0.5) is 0 Å². The Balaban J connectivity index is 2.91. The van der Waals surface area contributed by atoms with Gasteiger partial charge in [0.15, 0.2) is 0 Å². The summed E-state index contributed by atoms with van der Waals surface area (Å²) < 4.78 is 24.8.